The molecule has 0 unspecified atom stereocenters. The van der Waals surface area contributed by atoms with E-state index >= 15 is 0 Å². The topological polar surface area (TPSA) is 48.5 Å². The molecule has 5 heteroatoms. The number of aryl methyl sites for hydroxylation is 1. The normalized spacial score (nSPS) is 10.9. The van der Waals surface area contributed by atoms with Gasteiger partial charge in [-0.05, 0) is 31.2 Å². The van der Waals surface area contributed by atoms with Gasteiger partial charge in [0.2, 0.25) is 0 Å². The number of ether oxygens (including phenoxy) is 1. The molecule has 0 amide bonds. The zero-order valence-corrected chi connectivity index (χ0v) is 11.4. The lowest BCUT2D eigenvalue weighted by Crippen LogP contribution is -2.16. The zero-order chi connectivity index (χ0) is 14.1. The number of benzene rings is 1. The van der Waals surface area contributed by atoms with Crippen molar-refractivity contribution in [2.75, 3.05) is 7.11 Å². The van der Waals surface area contributed by atoms with E-state index in [9.17, 15) is 4.79 Å². The van der Waals surface area contributed by atoms with Gasteiger partial charge >= 0.3 is 0 Å². The summed E-state index contributed by atoms with van der Waals surface area (Å²) in [6.45, 7) is 2.82. The van der Waals surface area contributed by atoms with E-state index in [2.05, 4.69) is 5.10 Å². The van der Waals surface area contributed by atoms with Crippen LogP contribution in [0.1, 0.15) is 6.92 Å². The van der Waals surface area contributed by atoms with Gasteiger partial charge in [0.1, 0.15) is 11.4 Å². The van der Waals surface area contributed by atoms with E-state index in [1.807, 2.05) is 41.8 Å². The molecular weight excluding hydrogens is 254 g/mol. The maximum atomic E-state index is 11.9. The summed E-state index contributed by atoms with van der Waals surface area (Å²) >= 11 is 0. The van der Waals surface area contributed by atoms with Gasteiger partial charge in [-0.15, -0.1) is 0 Å². The van der Waals surface area contributed by atoms with Crippen LogP contribution in [0.4, 0.5) is 0 Å². The summed E-state index contributed by atoms with van der Waals surface area (Å²) in [5, 5.41) is 4.39. The first kappa shape index (κ1) is 12.5. The van der Waals surface area contributed by atoms with Gasteiger partial charge in [-0.3, -0.25) is 4.79 Å². The van der Waals surface area contributed by atoms with E-state index in [1.54, 1.807) is 13.3 Å². The van der Waals surface area contributed by atoms with Crippen LogP contribution in [0, 0.1) is 0 Å². The molecule has 0 aliphatic carbocycles. The number of nitrogens with zero attached hydrogens (tertiary/aromatic N) is 3. The molecule has 1 aromatic carbocycles. The molecule has 20 heavy (non-hydrogen) atoms. The van der Waals surface area contributed by atoms with E-state index in [-0.39, 0.29) is 5.56 Å². The predicted octanol–water partition coefficient (Wildman–Crippen LogP) is 2.19. The zero-order valence-electron chi connectivity index (χ0n) is 11.4. The summed E-state index contributed by atoms with van der Waals surface area (Å²) < 4.78 is 8.56. The molecule has 2 aromatic heterocycles. The van der Waals surface area contributed by atoms with Crippen LogP contribution in [0.15, 0.2) is 47.4 Å². The lowest BCUT2D eigenvalue weighted by Gasteiger charge is -2.02. The lowest BCUT2D eigenvalue weighted by atomic mass is 10.1. The Morgan fingerprint density at radius 3 is 2.60 bits per heavy atom. The Bertz CT molecular complexity index is 800. The molecule has 102 valence electrons. The standard InChI is InChI=1S/C15H15N3O2/c1-3-17-9-8-15(19)18-14(17)10-13(16-18)11-4-6-12(20-2)7-5-11/h4-10H,3H2,1-2H3. The molecule has 5 nitrogen and oxygen atoms in total. The van der Waals surface area contributed by atoms with Gasteiger partial charge in [-0.25, -0.2) is 0 Å². The molecule has 3 aromatic rings. The number of hydrogen-bond acceptors (Lipinski definition) is 3. The van der Waals surface area contributed by atoms with Crippen molar-refractivity contribution in [1.29, 1.82) is 0 Å². The minimum atomic E-state index is -0.121. The van der Waals surface area contributed by atoms with Crippen LogP contribution >= 0.6 is 0 Å². The Morgan fingerprint density at radius 2 is 1.95 bits per heavy atom. The molecule has 3 rings (SSSR count). The Balaban J connectivity index is 2.16. The SMILES string of the molecule is CCn1ccc(=O)n2nc(-c3ccc(OC)cc3)cc12. The first-order valence-electron chi connectivity index (χ1n) is 6.46. The van der Waals surface area contributed by atoms with Crippen molar-refractivity contribution in [3.8, 4) is 17.0 Å². The Labute approximate surface area is 116 Å². The Kier molecular flexibility index (Phi) is 3.02. The molecule has 0 radical (unpaired) electrons. The molecule has 0 aliphatic heterocycles. The van der Waals surface area contributed by atoms with E-state index in [4.69, 9.17) is 4.74 Å². The molecule has 0 atom stereocenters. The molecule has 0 bridgehead atoms. The minimum absolute atomic E-state index is 0.121. The number of fused-ring (bicyclic) bond motifs is 1. The molecule has 0 fully saturated rings. The first-order valence-corrected chi connectivity index (χ1v) is 6.46. The van der Waals surface area contributed by atoms with Crippen molar-refractivity contribution in [2.45, 2.75) is 13.5 Å². The third-order valence-electron chi connectivity index (χ3n) is 3.32. The third-order valence-corrected chi connectivity index (χ3v) is 3.32. The van der Waals surface area contributed by atoms with Crippen LogP contribution in [0.5, 0.6) is 5.75 Å². The highest BCUT2D eigenvalue weighted by molar-refractivity contribution is 5.64. The van der Waals surface area contributed by atoms with Crippen LogP contribution in [0.3, 0.4) is 0 Å². The van der Waals surface area contributed by atoms with Crippen LogP contribution < -0.4 is 10.3 Å². The molecule has 0 spiro atoms. The van der Waals surface area contributed by atoms with Crippen molar-refractivity contribution in [3.63, 3.8) is 0 Å². The highest BCUT2D eigenvalue weighted by atomic mass is 16.5. The second-order valence-corrected chi connectivity index (χ2v) is 4.47. The molecular formula is C15H15N3O2. The number of methoxy groups -OCH3 is 1. The largest absolute Gasteiger partial charge is 0.497 e. The summed E-state index contributed by atoms with van der Waals surface area (Å²) in [5.41, 5.74) is 2.41. The van der Waals surface area contributed by atoms with E-state index < -0.39 is 0 Å². The Hall–Kier alpha value is -2.56. The van der Waals surface area contributed by atoms with Crippen molar-refractivity contribution in [1.82, 2.24) is 14.2 Å². The lowest BCUT2D eigenvalue weighted by molar-refractivity contribution is 0.415. The predicted molar refractivity (Wildman–Crippen MR) is 77.1 cm³/mol. The first-order chi connectivity index (χ1) is 9.72. The summed E-state index contributed by atoms with van der Waals surface area (Å²) in [5.74, 6) is 0.797. The van der Waals surface area contributed by atoms with Crippen molar-refractivity contribution >= 4 is 5.65 Å². The quantitative estimate of drug-likeness (QED) is 0.732. The third kappa shape index (κ3) is 1.97. The fourth-order valence-corrected chi connectivity index (χ4v) is 2.21. The fourth-order valence-electron chi connectivity index (χ4n) is 2.21. The smallest absolute Gasteiger partial charge is 0.274 e. The average molecular weight is 269 g/mol. The fraction of sp³-hybridized carbons (Fsp3) is 0.200. The van der Waals surface area contributed by atoms with E-state index in [0.717, 1.165) is 29.2 Å². The van der Waals surface area contributed by atoms with Crippen molar-refractivity contribution in [2.24, 2.45) is 0 Å². The second-order valence-electron chi connectivity index (χ2n) is 4.47. The highest BCUT2D eigenvalue weighted by Gasteiger charge is 2.08. The molecule has 2 heterocycles. The van der Waals surface area contributed by atoms with E-state index in [0.29, 0.717) is 0 Å². The van der Waals surface area contributed by atoms with Crippen LogP contribution in [-0.2, 0) is 6.54 Å². The number of rotatable bonds is 3. The summed E-state index contributed by atoms with van der Waals surface area (Å²) in [7, 11) is 1.63. The van der Waals surface area contributed by atoms with E-state index in [1.165, 1.54) is 10.6 Å². The summed E-state index contributed by atoms with van der Waals surface area (Å²) in [6, 6.07) is 11.1. The molecule has 0 N–H and O–H groups in total. The van der Waals surface area contributed by atoms with Crippen LogP contribution in [0.25, 0.3) is 16.9 Å². The Morgan fingerprint density at radius 1 is 1.20 bits per heavy atom. The van der Waals surface area contributed by atoms with Gasteiger partial charge in [0.05, 0.1) is 12.8 Å². The highest BCUT2D eigenvalue weighted by Crippen LogP contribution is 2.21. The monoisotopic (exact) mass is 269 g/mol. The van der Waals surface area contributed by atoms with Gasteiger partial charge in [0.15, 0.2) is 0 Å². The molecule has 0 aliphatic rings. The van der Waals surface area contributed by atoms with Gasteiger partial charge < -0.3 is 9.30 Å². The summed E-state index contributed by atoms with van der Waals surface area (Å²) in [6.07, 6.45) is 1.79. The van der Waals surface area contributed by atoms with Gasteiger partial charge in [0.25, 0.3) is 5.56 Å². The molecule has 0 saturated heterocycles. The number of aromatic nitrogens is 3. The van der Waals surface area contributed by atoms with Crippen LogP contribution in [0.2, 0.25) is 0 Å². The van der Waals surface area contributed by atoms with Gasteiger partial charge in [-0.2, -0.15) is 9.61 Å². The minimum Gasteiger partial charge on any atom is -0.497 e. The average Bonchev–Trinajstić information content (AvgIpc) is 2.94. The number of hydrogen-bond donors (Lipinski definition) is 0. The maximum absolute atomic E-state index is 11.9. The van der Waals surface area contributed by atoms with Crippen molar-refractivity contribution in [3.05, 3.63) is 52.9 Å². The van der Waals surface area contributed by atoms with Gasteiger partial charge in [0, 0.05) is 30.4 Å². The van der Waals surface area contributed by atoms with Crippen LogP contribution in [-0.4, -0.2) is 21.3 Å². The summed E-state index contributed by atoms with van der Waals surface area (Å²) in [4.78, 5) is 11.9. The maximum Gasteiger partial charge on any atom is 0.274 e. The molecule has 0 saturated carbocycles. The van der Waals surface area contributed by atoms with Crippen molar-refractivity contribution < 1.29 is 4.74 Å². The second kappa shape index (κ2) is 4.85. The van der Waals surface area contributed by atoms with Gasteiger partial charge in [-0.1, -0.05) is 0 Å².